The summed E-state index contributed by atoms with van der Waals surface area (Å²) in [6.07, 6.45) is 8.90. The third kappa shape index (κ3) is 2.68. The number of nitrogens with zero attached hydrogens (tertiary/aromatic N) is 1. The summed E-state index contributed by atoms with van der Waals surface area (Å²) < 4.78 is 0. The summed E-state index contributed by atoms with van der Waals surface area (Å²) in [7, 11) is 0. The van der Waals surface area contributed by atoms with Crippen LogP contribution < -0.4 is 5.32 Å². The standard InChI is InChI=1S/C16H18N2O3/c19-15(18-8-5-10-3-6-17-7-4-10)13-11-1-2-12(9-11)14(13)16(20)21/h1-4,6-7,11-14H,5,8-9H2,(H,18,19)(H,20,21)/t11?,12?,13-,14+/m0/s1. The highest BCUT2D eigenvalue weighted by molar-refractivity contribution is 5.86. The molecule has 1 fully saturated rings. The molecule has 5 heteroatoms. The number of allylic oxidation sites excluding steroid dienone is 2. The van der Waals surface area contributed by atoms with Gasteiger partial charge in [0.2, 0.25) is 5.91 Å². The molecule has 110 valence electrons. The number of carbonyl (C=O) groups excluding carboxylic acids is 1. The molecule has 0 spiro atoms. The van der Waals surface area contributed by atoms with Gasteiger partial charge in [0.1, 0.15) is 0 Å². The Kier molecular flexibility index (Phi) is 3.73. The summed E-state index contributed by atoms with van der Waals surface area (Å²) in [5.41, 5.74) is 1.10. The largest absolute Gasteiger partial charge is 0.481 e. The SMILES string of the molecule is O=C(O)[C@@H]1C2C=CC(C2)[C@@H]1C(=O)NCCc1ccncc1. The zero-order valence-electron chi connectivity index (χ0n) is 11.6. The summed E-state index contributed by atoms with van der Waals surface area (Å²) in [6, 6.07) is 3.82. The Morgan fingerprint density at radius 1 is 1.19 bits per heavy atom. The maximum absolute atomic E-state index is 12.3. The van der Waals surface area contributed by atoms with Gasteiger partial charge in [0.25, 0.3) is 0 Å². The molecule has 2 aliphatic carbocycles. The zero-order valence-corrected chi connectivity index (χ0v) is 11.6. The molecule has 2 N–H and O–H groups in total. The van der Waals surface area contributed by atoms with E-state index < -0.39 is 17.8 Å². The number of hydrogen-bond acceptors (Lipinski definition) is 3. The van der Waals surface area contributed by atoms with Gasteiger partial charge in [0, 0.05) is 18.9 Å². The molecule has 4 atom stereocenters. The Hall–Kier alpha value is -2.17. The van der Waals surface area contributed by atoms with Crippen LogP contribution in [-0.2, 0) is 16.0 Å². The highest BCUT2D eigenvalue weighted by Crippen LogP contribution is 2.48. The number of carboxylic acid groups (broad SMARTS) is 1. The number of hydrogen-bond donors (Lipinski definition) is 2. The molecule has 5 nitrogen and oxygen atoms in total. The van der Waals surface area contributed by atoms with Crippen LogP contribution in [0.15, 0.2) is 36.7 Å². The number of fused-ring (bicyclic) bond motifs is 2. The van der Waals surface area contributed by atoms with Crippen LogP contribution in [0, 0.1) is 23.7 Å². The lowest BCUT2D eigenvalue weighted by atomic mass is 9.82. The number of carboxylic acids is 1. The van der Waals surface area contributed by atoms with E-state index >= 15 is 0 Å². The van der Waals surface area contributed by atoms with Crippen LogP contribution in [-0.4, -0.2) is 28.5 Å². The highest BCUT2D eigenvalue weighted by Gasteiger charge is 2.51. The molecule has 1 heterocycles. The molecule has 3 rings (SSSR count). The van der Waals surface area contributed by atoms with Crippen LogP contribution >= 0.6 is 0 Å². The minimum atomic E-state index is -0.860. The Labute approximate surface area is 123 Å². The van der Waals surface area contributed by atoms with Gasteiger partial charge in [-0.25, -0.2) is 0 Å². The minimum absolute atomic E-state index is 0.0171. The monoisotopic (exact) mass is 286 g/mol. The molecular weight excluding hydrogens is 268 g/mol. The second kappa shape index (κ2) is 5.68. The van der Waals surface area contributed by atoms with Crippen molar-refractivity contribution in [2.45, 2.75) is 12.8 Å². The maximum Gasteiger partial charge on any atom is 0.307 e. The number of pyridine rings is 1. The van der Waals surface area contributed by atoms with Crippen molar-refractivity contribution >= 4 is 11.9 Å². The lowest BCUT2D eigenvalue weighted by molar-refractivity contribution is -0.147. The van der Waals surface area contributed by atoms with E-state index in [1.807, 2.05) is 24.3 Å². The molecule has 1 aromatic heterocycles. The van der Waals surface area contributed by atoms with Gasteiger partial charge in [-0.2, -0.15) is 0 Å². The fraction of sp³-hybridized carbons (Fsp3) is 0.438. The first-order valence-electron chi connectivity index (χ1n) is 7.24. The summed E-state index contributed by atoms with van der Waals surface area (Å²) in [6.45, 7) is 0.521. The van der Waals surface area contributed by atoms with E-state index in [9.17, 15) is 14.7 Å². The quantitative estimate of drug-likeness (QED) is 0.799. The first-order chi connectivity index (χ1) is 10.2. The van der Waals surface area contributed by atoms with Crippen LogP contribution in [0.5, 0.6) is 0 Å². The van der Waals surface area contributed by atoms with Crippen LogP contribution in [0.1, 0.15) is 12.0 Å². The average Bonchev–Trinajstić information content (AvgIpc) is 3.08. The molecule has 0 aromatic carbocycles. The van der Waals surface area contributed by atoms with Gasteiger partial charge in [0.05, 0.1) is 11.8 Å². The smallest absolute Gasteiger partial charge is 0.307 e. The first kappa shape index (κ1) is 13.8. The lowest BCUT2D eigenvalue weighted by Gasteiger charge is -2.23. The molecule has 1 aromatic rings. The van der Waals surface area contributed by atoms with Crippen LogP contribution in [0.25, 0.3) is 0 Å². The molecule has 1 amide bonds. The van der Waals surface area contributed by atoms with Crippen molar-refractivity contribution in [2.75, 3.05) is 6.54 Å². The fourth-order valence-electron chi connectivity index (χ4n) is 3.51. The second-order valence-electron chi connectivity index (χ2n) is 5.73. The van der Waals surface area contributed by atoms with Gasteiger partial charge in [-0.15, -0.1) is 0 Å². The number of aromatic nitrogens is 1. The van der Waals surface area contributed by atoms with E-state index in [0.29, 0.717) is 6.54 Å². The normalized spacial score (nSPS) is 29.5. The molecule has 2 unspecified atom stereocenters. The Balaban J connectivity index is 1.58. The molecule has 2 bridgehead atoms. The van der Waals surface area contributed by atoms with Gasteiger partial charge < -0.3 is 10.4 Å². The minimum Gasteiger partial charge on any atom is -0.481 e. The molecule has 0 saturated heterocycles. The topological polar surface area (TPSA) is 79.3 Å². The number of rotatable bonds is 5. The first-order valence-corrected chi connectivity index (χ1v) is 7.24. The molecular formula is C16H18N2O3. The third-order valence-corrected chi connectivity index (χ3v) is 4.51. The van der Waals surface area contributed by atoms with E-state index in [0.717, 1.165) is 18.4 Å². The zero-order chi connectivity index (χ0) is 14.8. The summed E-state index contributed by atoms with van der Waals surface area (Å²) in [5.74, 6) is -1.88. The third-order valence-electron chi connectivity index (χ3n) is 4.51. The Bertz CT molecular complexity index is 570. The van der Waals surface area contributed by atoms with Crippen molar-refractivity contribution in [2.24, 2.45) is 23.7 Å². The van der Waals surface area contributed by atoms with E-state index in [1.54, 1.807) is 12.4 Å². The number of amides is 1. The predicted octanol–water partition coefficient (Wildman–Crippen LogP) is 1.26. The van der Waals surface area contributed by atoms with E-state index in [4.69, 9.17) is 0 Å². The van der Waals surface area contributed by atoms with Crippen molar-refractivity contribution < 1.29 is 14.7 Å². The summed E-state index contributed by atoms with van der Waals surface area (Å²) in [4.78, 5) is 27.6. The predicted molar refractivity (Wildman–Crippen MR) is 76.3 cm³/mol. The van der Waals surface area contributed by atoms with Crippen LogP contribution in [0.4, 0.5) is 0 Å². The van der Waals surface area contributed by atoms with Crippen molar-refractivity contribution in [1.29, 1.82) is 0 Å². The van der Waals surface area contributed by atoms with Gasteiger partial charge in [-0.1, -0.05) is 12.2 Å². The average molecular weight is 286 g/mol. The van der Waals surface area contributed by atoms with Gasteiger partial charge in [-0.3, -0.25) is 14.6 Å². The van der Waals surface area contributed by atoms with Crippen LogP contribution in [0.2, 0.25) is 0 Å². The molecule has 0 aliphatic heterocycles. The molecule has 1 saturated carbocycles. The number of nitrogens with one attached hydrogen (secondary N) is 1. The van der Waals surface area contributed by atoms with Crippen molar-refractivity contribution in [1.82, 2.24) is 10.3 Å². The summed E-state index contributed by atoms with van der Waals surface area (Å²) >= 11 is 0. The molecule has 0 radical (unpaired) electrons. The van der Waals surface area contributed by atoms with Crippen LogP contribution in [0.3, 0.4) is 0 Å². The van der Waals surface area contributed by atoms with Crippen molar-refractivity contribution in [3.05, 3.63) is 42.2 Å². The number of carbonyl (C=O) groups is 2. The molecule has 21 heavy (non-hydrogen) atoms. The van der Waals surface area contributed by atoms with E-state index in [2.05, 4.69) is 10.3 Å². The highest BCUT2D eigenvalue weighted by atomic mass is 16.4. The maximum atomic E-state index is 12.3. The van der Waals surface area contributed by atoms with Crippen molar-refractivity contribution in [3.8, 4) is 0 Å². The Morgan fingerprint density at radius 2 is 1.86 bits per heavy atom. The number of aliphatic carboxylic acids is 1. The Morgan fingerprint density at radius 3 is 2.52 bits per heavy atom. The van der Waals surface area contributed by atoms with Gasteiger partial charge in [0.15, 0.2) is 0 Å². The van der Waals surface area contributed by atoms with Gasteiger partial charge in [-0.05, 0) is 42.4 Å². The van der Waals surface area contributed by atoms with Gasteiger partial charge >= 0.3 is 5.97 Å². The van der Waals surface area contributed by atoms with E-state index in [-0.39, 0.29) is 17.7 Å². The van der Waals surface area contributed by atoms with E-state index in [1.165, 1.54) is 0 Å². The lowest BCUT2D eigenvalue weighted by Crippen LogP contribution is -2.40. The molecule has 2 aliphatic rings. The summed E-state index contributed by atoms with van der Waals surface area (Å²) in [5, 5.41) is 12.2. The second-order valence-corrected chi connectivity index (χ2v) is 5.73. The van der Waals surface area contributed by atoms with Crippen molar-refractivity contribution in [3.63, 3.8) is 0 Å². The fourth-order valence-corrected chi connectivity index (χ4v) is 3.51.